The van der Waals surface area contributed by atoms with Gasteiger partial charge in [-0.1, -0.05) is 31.4 Å². The number of benzene rings is 1. The number of aryl methyl sites for hydroxylation is 1. The van der Waals surface area contributed by atoms with Crippen LogP contribution in [0.25, 0.3) is 0 Å². The van der Waals surface area contributed by atoms with E-state index >= 15 is 0 Å². The van der Waals surface area contributed by atoms with Crippen molar-refractivity contribution in [3.8, 4) is 11.9 Å². The molecule has 6 heteroatoms. The first-order valence-electron chi connectivity index (χ1n) is 8.89. The standard InChI is InChI=1S/C20H22N4O2/c1-13-7-6-8-15(11-13)22-23-18-14(2)17(12-21)19(25)24(20(18)26)16-9-4-3-5-10-16/h6-8,11,16,25H,3-5,9-10H2,1-2H3. The first kappa shape index (κ1) is 17.9. The monoisotopic (exact) mass is 350 g/mol. The Balaban J connectivity index is 2.12. The maximum Gasteiger partial charge on any atom is 0.281 e. The third-order valence-electron chi connectivity index (χ3n) is 4.92. The smallest absolute Gasteiger partial charge is 0.281 e. The highest BCUT2D eigenvalue weighted by Crippen LogP contribution is 2.34. The Morgan fingerprint density at radius 1 is 1.19 bits per heavy atom. The van der Waals surface area contributed by atoms with E-state index in [2.05, 4.69) is 10.2 Å². The summed E-state index contributed by atoms with van der Waals surface area (Å²) in [5, 5.41) is 28.3. The Bertz CT molecular complexity index is 948. The van der Waals surface area contributed by atoms with Crippen molar-refractivity contribution in [2.45, 2.75) is 52.0 Å². The molecular formula is C20H22N4O2. The molecule has 0 spiro atoms. The molecular weight excluding hydrogens is 328 g/mol. The number of hydrogen-bond donors (Lipinski definition) is 1. The van der Waals surface area contributed by atoms with E-state index in [4.69, 9.17) is 0 Å². The van der Waals surface area contributed by atoms with Crippen molar-refractivity contribution in [1.82, 2.24) is 4.57 Å². The number of aromatic nitrogens is 1. The quantitative estimate of drug-likeness (QED) is 0.793. The molecule has 26 heavy (non-hydrogen) atoms. The van der Waals surface area contributed by atoms with Gasteiger partial charge in [0.05, 0.1) is 5.69 Å². The summed E-state index contributed by atoms with van der Waals surface area (Å²) in [6, 6.07) is 9.40. The molecule has 2 aromatic rings. The van der Waals surface area contributed by atoms with E-state index in [1.54, 1.807) is 13.0 Å². The minimum atomic E-state index is -0.387. The summed E-state index contributed by atoms with van der Waals surface area (Å²) in [4.78, 5) is 13.0. The Kier molecular flexibility index (Phi) is 5.17. The lowest BCUT2D eigenvalue weighted by molar-refractivity contribution is 0.303. The molecule has 1 aromatic heterocycles. The molecule has 1 aliphatic carbocycles. The van der Waals surface area contributed by atoms with Gasteiger partial charge in [-0.05, 0) is 44.4 Å². The molecule has 6 nitrogen and oxygen atoms in total. The highest BCUT2D eigenvalue weighted by molar-refractivity contribution is 5.57. The van der Waals surface area contributed by atoms with Crippen LogP contribution in [0.15, 0.2) is 39.3 Å². The summed E-state index contributed by atoms with van der Waals surface area (Å²) in [6.07, 6.45) is 4.77. The average molecular weight is 350 g/mol. The van der Waals surface area contributed by atoms with Gasteiger partial charge in [0.25, 0.3) is 5.56 Å². The topological polar surface area (TPSA) is 90.7 Å². The van der Waals surface area contributed by atoms with Gasteiger partial charge < -0.3 is 5.11 Å². The van der Waals surface area contributed by atoms with Crippen LogP contribution in [-0.4, -0.2) is 9.67 Å². The molecule has 0 unspecified atom stereocenters. The minimum absolute atomic E-state index is 0.0911. The summed E-state index contributed by atoms with van der Waals surface area (Å²) in [7, 11) is 0. The summed E-state index contributed by atoms with van der Waals surface area (Å²) < 4.78 is 1.34. The molecule has 134 valence electrons. The molecule has 1 fully saturated rings. The number of pyridine rings is 1. The normalized spacial score (nSPS) is 15.3. The first-order chi connectivity index (χ1) is 12.5. The summed E-state index contributed by atoms with van der Waals surface area (Å²) >= 11 is 0. The van der Waals surface area contributed by atoms with E-state index in [1.807, 2.05) is 31.2 Å². The van der Waals surface area contributed by atoms with Crippen LogP contribution in [0.2, 0.25) is 0 Å². The van der Waals surface area contributed by atoms with Crippen LogP contribution in [0.1, 0.15) is 54.8 Å². The highest BCUT2D eigenvalue weighted by Gasteiger charge is 2.25. The molecule has 1 aromatic carbocycles. The molecule has 1 N–H and O–H groups in total. The number of hydrogen-bond acceptors (Lipinski definition) is 5. The zero-order valence-corrected chi connectivity index (χ0v) is 15.1. The minimum Gasteiger partial charge on any atom is -0.493 e. The van der Waals surface area contributed by atoms with Crippen LogP contribution in [0, 0.1) is 25.2 Å². The second kappa shape index (κ2) is 7.52. The van der Waals surface area contributed by atoms with Crippen molar-refractivity contribution in [3.05, 3.63) is 51.3 Å². The molecule has 0 bridgehead atoms. The van der Waals surface area contributed by atoms with E-state index in [1.165, 1.54) is 4.57 Å². The lowest BCUT2D eigenvalue weighted by Crippen LogP contribution is -2.27. The molecule has 1 aliphatic rings. The summed E-state index contributed by atoms with van der Waals surface area (Å²) in [5.41, 5.74) is 1.86. The van der Waals surface area contributed by atoms with Crippen LogP contribution in [0.4, 0.5) is 11.4 Å². The predicted octanol–water partition coefficient (Wildman–Crippen LogP) is 4.96. The predicted molar refractivity (Wildman–Crippen MR) is 99.3 cm³/mol. The fourth-order valence-corrected chi connectivity index (χ4v) is 3.50. The molecule has 0 amide bonds. The fourth-order valence-electron chi connectivity index (χ4n) is 3.50. The van der Waals surface area contributed by atoms with Crippen LogP contribution in [0.3, 0.4) is 0 Å². The first-order valence-corrected chi connectivity index (χ1v) is 8.89. The molecule has 1 saturated carbocycles. The van der Waals surface area contributed by atoms with Crippen molar-refractivity contribution in [2.24, 2.45) is 10.2 Å². The van der Waals surface area contributed by atoms with Gasteiger partial charge in [-0.15, -0.1) is 5.11 Å². The fraction of sp³-hybridized carbons (Fsp3) is 0.400. The third kappa shape index (κ3) is 3.38. The van der Waals surface area contributed by atoms with E-state index < -0.39 is 0 Å². The number of nitriles is 1. The van der Waals surface area contributed by atoms with Gasteiger partial charge in [-0.3, -0.25) is 9.36 Å². The van der Waals surface area contributed by atoms with Gasteiger partial charge in [0, 0.05) is 11.6 Å². The van der Waals surface area contributed by atoms with Crippen molar-refractivity contribution >= 4 is 11.4 Å². The van der Waals surface area contributed by atoms with Gasteiger partial charge in [0.1, 0.15) is 11.6 Å². The third-order valence-corrected chi connectivity index (χ3v) is 4.92. The molecule has 0 aliphatic heterocycles. The largest absolute Gasteiger partial charge is 0.493 e. The molecule has 0 radical (unpaired) electrons. The van der Waals surface area contributed by atoms with E-state index in [0.717, 1.165) is 37.7 Å². The van der Waals surface area contributed by atoms with E-state index in [9.17, 15) is 15.2 Å². The summed E-state index contributed by atoms with van der Waals surface area (Å²) in [5.74, 6) is -0.253. The molecule has 0 saturated heterocycles. The van der Waals surface area contributed by atoms with Crippen LogP contribution >= 0.6 is 0 Å². The highest BCUT2D eigenvalue weighted by atomic mass is 16.3. The number of nitrogens with zero attached hydrogens (tertiary/aromatic N) is 4. The van der Waals surface area contributed by atoms with Crippen molar-refractivity contribution < 1.29 is 5.11 Å². The van der Waals surface area contributed by atoms with Crippen LogP contribution < -0.4 is 5.56 Å². The zero-order valence-electron chi connectivity index (χ0n) is 15.1. The van der Waals surface area contributed by atoms with Gasteiger partial charge in [-0.2, -0.15) is 10.4 Å². The zero-order chi connectivity index (χ0) is 18.7. The molecule has 0 atom stereocenters. The Morgan fingerprint density at radius 2 is 1.92 bits per heavy atom. The van der Waals surface area contributed by atoms with Gasteiger partial charge in [0.2, 0.25) is 5.88 Å². The average Bonchev–Trinajstić information content (AvgIpc) is 2.63. The van der Waals surface area contributed by atoms with Gasteiger partial charge in [-0.25, -0.2) is 0 Å². The Labute approximate surface area is 152 Å². The Hall–Kier alpha value is -2.94. The SMILES string of the molecule is Cc1cccc(N=Nc2c(C)c(C#N)c(O)n(C3CCCCC3)c2=O)c1. The van der Waals surface area contributed by atoms with Crippen molar-refractivity contribution in [3.63, 3.8) is 0 Å². The number of aromatic hydroxyl groups is 1. The van der Waals surface area contributed by atoms with E-state index in [0.29, 0.717) is 11.3 Å². The molecule has 3 rings (SSSR count). The lowest BCUT2D eigenvalue weighted by atomic mass is 9.94. The van der Waals surface area contributed by atoms with Gasteiger partial charge in [0.15, 0.2) is 5.69 Å². The molecule has 1 heterocycles. The van der Waals surface area contributed by atoms with Crippen molar-refractivity contribution in [2.75, 3.05) is 0 Å². The van der Waals surface area contributed by atoms with Crippen molar-refractivity contribution in [1.29, 1.82) is 5.26 Å². The maximum atomic E-state index is 13.0. The second-order valence-corrected chi connectivity index (χ2v) is 6.79. The second-order valence-electron chi connectivity index (χ2n) is 6.79. The lowest BCUT2D eigenvalue weighted by Gasteiger charge is -2.25. The summed E-state index contributed by atoms with van der Waals surface area (Å²) in [6.45, 7) is 3.57. The number of azo groups is 1. The van der Waals surface area contributed by atoms with E-state index in [-0.39, 0.29) is 28.7 Å². The van der Waals surface area contributed by atoms with Crippen LogP contribution in [0.5, 0.6) is 5.88 Å². The van der Waals surface area contributed by atoms with Crippen LogP contribution in [-0.2, 0) is 0 Å². The number of rotatable bonds is 3. The Morgan fingerprint density at radius 3 is 2.58 bits per heavy atom. The van der Waals surface area contributed by atoms with Gasteiger partial charge >= 0.3 is 0 Å². The maximum absolute atomic E-state index is 13.0.